The summed E-state index contributed by atoms with van der Waals surface area (Å²) in [6.07, 6.45) is 0.411. The van der Waals surface area contributed by atoms with E-state index in [0.29, 0.717) is 0 Å². The molecule has 0 saturated carbocycles. The van der Waals surface area contributed by atoms with E-state index in [2.05, 4.69) is 10.6 Å². The molecule has 2 aromatic carbocycles. The summed E-state index contributed by atoms with van der Waals surface area (Å²) in [5.41, 5.74) is 2.78. The Bertz CT molecular complexity index is 958. The van der Waals surface area contributed by atoms with Crippen molar-refractivity contribution in [1.29, 1.82) is 0 Å². The molecule has 0 unspecified atom stereocenters. The van der Waals surface area contributed by atoms with Gasteiger partial charge in [-0.25, -0.2) is 0 Å². The molecule has 2 aromatic rings. The fourth-order valence-electron chi connectivity index (χ4n) is 2.59. The summed E-state index contributed by atoms with van der Waals surface area (Å²) in [5, 5.41) is 16.0. The lowest BCUT2D eigenvalue weighted by Gasteiger charge is -2.09. The molecule has 0 fully saturated rings. The van der Waals surface area contributed by atoms with Gasteiger partial charge in [-0.15, -0.1) is 0 Å². The summed E-state index contributed by atoms with van der Waals surface area (Å²) in [7, 11) is 0. The van der Waals surface area contributed by atoms with Crippen LogP contribution in [-0.4, -0.2) is 29.3 Å². The van der Waals surface area contributed by atoms with Crippen molar-refractivity contribution < 1.29 is 24.0 Å². The van der Waals surface area contributed by atoms with Gasteiger partial charge < -0.3 is 15.4 Å². The Morgan fingerprint density at radius 1 is 1.00 bits per heavy atom. The number of nitro benzene ring substituents is 1. The van der Waals surface area contributed by atoms with Crippen LogP contribution in [0, 0.1) is 24.0 Å². The third-order valence-electron chi connectivity index (χ3n) is 4.16. The number of anilines is 2. The lowest BCUT2D eigenvalue weighted by Crippen LogP contribution is -2.21. The first-order chi connectivity index (χ1) is 14.2. The molecular weight excluding hydrogens is 390 g/mol. The Balaban J connectivity index is 1.69. The zero-order valence-electron chi connectivity index (χ0n) is 16.8. The second-order valence-electron chi connectivity index (χ2n) is 6.74. The van der Waals surface area contributed by atoms with Gasteiger partial charge in [0.05, 0.1) is 4.92 Å². The Morgan fingerprint density at radius 3 is 2.50 bits per heavy atom. The molecule has 2 N–H and O–H groups in total. The number of nitrogens with one attached hydrogen (secondary N) is 2. The summed E-state index contributed by atoms with van der Waals surface area (Å²) < 4.78 is 4.87. The van der Waals surface area contributed by atoms with E-state index in [1.165, 1.54) is 24.3 Å². The van der Waals surface area contributed by atoms with Gasteiger partial charge in [-0.05, 0) is 43.5 Å². The van der Waals surface area contributed by atoms with E-state index in [0.717, 1.165) is 16.8 Å². The fraction of sp³-hybridized carbons (Fsp3) is 0.286. The highest BCUT2D eigenvalue weighted by Gasteiger charge is 2.12. The standard InChI is InChI=1S/C21H23N3O6/c1-14-9-10-15(2)18(11-14)23-19(25)7-4-8-21(27)30-13-20(26)22-16-5-3-6-17(12-16)24(28)29/h3,5-6,9-12H,4,7-8,13H2,1-2H3,(H,22,26)(H,23,25). The molecule has 0 heterocycles. The van der Waals surface area contributed by atoms with Crippen LogP contribution in [0.15, 0.2) is 42.5 Å². The maximum Gasteiger partial charge on any atom is 0.306 e. The molecule has 0 saturated heterocycles. The first kappa shape index (κ1) is 22.5. The number of nitrogens with zero attached hydrogens (tertiary/aromatic N) is 1. The molecule has 158 valence electrons. The van der Waals surface area contributed by atoms with Crippen LogP contribution in [0.3, 0.4) is 0 Å². The van der Waals surface area contributed by atoms with E-state index < -0.39 is 23.4 Å². The summed E-state index contributed by atoms with van der Waals surface area (Å²) in [5.74, 6) is -1.43. The second-order valence-corrected chi connectivity index (χ2v) is 6.74. The number of hydrogen-bond acceptors (Lipinski definition) is 6. The van der Waals surface area contributed by atoms with Crippen LogP contribution in [-0.2, 0) is 19.1 Å². The van der Waals surface area contributed by atoms with Crippen LogP contribution in [0.4, 0.5) is 17.1 Å². The molecule has 0 aromatic heterocycles. The van der Waals surface area contributed by atoms with E-state index in [9.17, 15) is 24.5 Å². The van der Waals surface area contributed by atoms with Crippen molar-refractivity contribution in [3.63, 3.8) is 0 Å². The topological polar surface area (TPSA) is 128 Å². The highest BCUT2D eigenvalue weighted by Crippen LogP contribution is 2.18. The first-order valence-electron chi connectivity index (χ1n) is 9.31. The number of nitro groups is 1. The van der Waals surface area contributed by atoms with Crippen molar-refractivity contribution in [2.24, 2.45) is 0 Å². The molecule has 2 amide bonds. The number of carbonyl (C=O) groups excluding carboxylic acids is 3. The lowest BCUT2D eigenvalue weighted by molar-refractivity contribution is -0.384. The number of carbonyl (C=O) groups is 3. The van der Waals surface area contributed by atoms with Crippen molar-refractivity contribution in [2.75, 3.05) is 17.2 Å². The number of esters is 1. The van der Waals surface area contributed by atoms with Gasteiger partial charge in [-0.1, -0.05) is 18.2 Å². The summed E-state index contributed by atoms with van der Waals surface area (Å²) in [4.78, 5) is 45.8. The molecule has 30 heavy (non-hydrogen) atoms. The third kappa shape index (κ3) is 7.34. The average Bonchev–Trinajstić information content (AvgIpc) is 2.69. The molecule has 2 rings (SSSR count). The number of hydrogen-bond donors (Lipinski definition) is 2. The van der Waals surface area contributed by atoms with E-state index in [-0.39, 0.29) is 36.5 Å². The number of rotatable bonds is 9. The number of amides is 2. The summed E-state index contributed by atoms with van der Waals surface area (Å²) in [6.45, 7) is 3.31. The number of benzene rings is 2. The predicted molar refractivity (Wildman–Crippen MR) is 111 cm³/mol. The van der Waals surface area contributed by atoms with Crippen molar-refractivity contribution in [2.45, 2.75) is 33.1 Å². The van der Waals surface area contributed by atoms with Crippen molar-refractivity contribution in [3.05, 3.63) is 63.7 Å². The summed E-state index contributed by atoms with van der Waals surface area (Å²) >= 11 is 0. The Labute approximate surface area is 173 Å². The highest BCUT2D eigenvalue weighted by atomic mass is 16.6. The molecule has 0 aliphatic carbocycles. The lowest BCUT2D eigenvalue weighted by atomic mass is 10.1. The van der Waals surface area contributed by atoms with Crippen molar-refractivity contribution in [1.82, 2.24) is 0 Å². The molecule has 0 spiro atoms. The molecule has 0 bridgehead atoms. The Kier molecular flexibility index (Phi) is 8.04. The zero-order chi connectivity index (χ0) is 22.1. The molecular formula is C21H23N3O6. The minimum Gasteiger partial charge on any atom is -0.456 e. The summed E-state index contributed by atoms with van der Waals surface area (Å²) in [6, 6.07) is 11.2. The van der Waals surface area contributed by atoms with E-state index >= 15 is 0 Å². The van der Waals surface area contributed by atoms with Gasteiger partial charge in [-0.3, -0.25) is 24.5 Å². The molecule has 0 atom stereocenters. The number of non-ortho nitro benzene ring substituents is 1. The smallest absolute Gasteiger partial charge is 0.306 e. The fourth-order valence-corrected chi connectivity index (χ4v) is 2.59. The van der Waals surface area contributed by atoms with E-state index in [1.54, 1.807) is 0 Å². The van der Waals surface area contributed by atoms with Gasteiger partial charge in [0.1, 0.15) is 0 Å². The maximum atomic E-state index is 12.0. The number of aryl methyl sites for hydroxylation is 2. The minimum absolute atomic E-state index is 0.00961. The van der Waals surface area contributed by atoms with Crippen LogP contribution in [0.1, 0.15) is 30.4 Å². The Morgan fingerprint density at radius 2 is 1.77 bits per heavy atom. The molecule has 0 aliphatic heterocycles. The zero-order valence-corrected chi connectivity index (χ0v) is 16.8. The molecule has 0 radical (unpaired) electrons. The van der Waals surface area contributed by atoms with Crippen LogP contribution in [0.2, 0.25) is 0 Å². The van der Waals surface area contributed by atoms with Crippen LogP contribution >= 0.6 is 0 Å². The van der Waals surface area contributed by atoms with Gasteiger partial charge in [-0.2, -0.15) is 0 Å². The normalized spacial score (nSPS) is 10.2. The largest absolute Gasteiger partial charge is 0.456 e. The van der Waals surface area contributed by atoms with Crippen LogP contribution in [0.25, 0.3) is 0 Å². The second kappa shape index (κ2) is 10.7. The molecule has 9 heteroatoms. The number of ether oxygens (including phenoxy) is 1. The van der Waals surface area contributed by atoms with Gasteiger partial charge in [0.25, 0.3) is 11.6 Å². The monoisotopic (exact) mass is 413 g/mol. The van der Waals surface area contributed by atoms with Gasteiger partial charge >= 0.3 is 5.97 Å². The molecule has 9 nitrogen and oxygen atoms in total. The van der Waals surface area contributed by atoms with Gasteiger partial charge in [0, 0.05) is 36.3 Å². The third-order valence-corrected chi connectivity index (χ3v) is 4.16. The van der Waals surface area contributed by atoms with Crippen LogP contribution < -0.4 is 10.6 Å². The Hall–Kier alpha value is -3.75. The first-order valence-corrected chi connectivity index (χ1v) is 9.31. The average molecular weight is 413 g/mol. The quantitative estimate of drug-likeness (QED) is 0.368. The highest BCUT2D eigenvalue weighted by molar-refractivity contribution is 5.93. The molecule has 0 aliphatic rings. The van der Waals surface area contributed by atoms with E-state index in [1.807, 2.05) is 32.0 Å². The maximum absolute atomic E-state index is 12.0. The van der Waals surface area contributed by atoms with Gasteiger partial charge in [0.15, 0.2) is 6.61 Å². The SMILES string of the molecule is Cc1ccc(C)c(NC(=O)CCCC(=O)OCC(=O)Nc2cccc([N+](=O)[O-])c2)c1. The van der Waals surface area contributed by atoms with Crippen LogP contribution in [0.5, 0.6) is 0 Å². The predicted octanol–water partition coefficient (Wildman–Crippen LogP) is 3.50. The van der Waals surface area contributed by atoms with E-state index in [4.69, 9.17) is 4.74 Å². The van der Waals surface area contributed by atoms with Crippen molar-refractivity contribution in [3.8, 4) is 0 Å². The van der Waals surface area contributed by atoms with Crippen molar-refractivity contribution >= 4 is 34.8 Å². The minimum atomic E-state index is -0.614. The van der Waals surface area contributed by atoms with Gasteiger partial charge in [0.2, 0.25) is 5.91 Å².